The van der Waals surface area contributed by atoms with Gasteiger partial charge in [-0.1, -0.05) is 38.1 Å². The van der Waals surface area contributed by atoms with Gasteiger partial charge in [0.15, 0.2) is 0 Å². The summed E-state index contributed by atoms with van der Waals surface area (Å²) < 4.78 is 10.5. The van der Waals surface area contributed by atoms with Gasteiger partial charge in [-0.05, 0) is 38.5 Å². The topological polar surface area (TPSA) is 60.5 Å². The van der Waals surface area contributed by atoms with Crippen LogP contribution in [0, 0.1) is 0 Å². The molecule has 0 saturated heterocycles. The summed E-state index contributed by atoms with van der Waals surface area (Å²) in [6.07, 6.45) is 1.31. The molecule has 1 N–H and O–H groups in total. The molecule has 0 spiro atoms. The van der Waals surface area contributed by atoms with E-state index in [9.17, 15) is 4.79 Å². The van der Waals surface area contributed by atoms with Crippen molar-refractivity contribution in [3.05, 3.63) is 48.2 Å². The van der Waals surface area contributed by atoms with E-state index in [1.807, 2.05) is 71.0 Å². The largest absolute Gasteiger partial charge is 0.494 e. The molecule has 0 bridgehead atoms. The molecule has 5 nitrogen and oxygen atoms in total. The van der Waals surface area contributed by atoms with Crippen LogP contribution in [0.5, 0.6) is 5.75 Å². The Labute approximate surface area is 150 Å². The lowest BCUT2D eigenvalue weighted by Crippen LogP contribution is -2.32. The van der Waals surface area contributed by atoms with Crippen molar-refractivity contribution in [2.75, 3.05) is 7.11 Å². The van der Waals surface area contributed by atoms with Crippen molar-refractivity contribution in [1.82, 2.24) is 10.3 Å². The summed E-state index contributed by atoms with van der Waals surface area (Å²) in [6, 6.07) is 11.5. The van der Waals surface area contributed by atoms with E-state index in [2.05, 4.69) is 10.3 Å². The summed E-state index contributed by atoms with van der Waals surface area (Å²) in [7, 11) is 1.62. The molecule has 1 amide bonds. The van der Waals surface area contributed by atoms with Crippen LogP contribution in [0.3, 0.4) is 0 Å². The van der Waals surface area contributed by atoms with Gasteiger partial charge in [0, 0.05) is 18.3 Å². The summed E-state index contributed by atoms with van der Waals surface area (Å²) in [4.78, 5) is 16.0. The van der Waals surface area contributed by atoms with Crippen molar-refractivity contribution in [3.8, 4) is 17.0 Å². The Morgan fingerprint density at radius 2 is 1.76 bits per heavy atom. The van der Waals surface area contributed by atoms with Crippen molar-refractivity contribution in [2.24, 2.45) is 0 Å². The van der Waals surface area contributed by atoms with Crippen molar-refractivity contribution >= 4 is 6.09 Å². The minimum atomic E-state index is -0.497. The van der Waals surface area contributed by atoms with Gasteiger partial charge in [0.2, 0.25) is 0 Å². The number of hydrogen-bond acceptors (Lipinski definition) is 4. The van der Waals surface area contributed by atoms with Crippen molar-refractivity contribution < 1.29 is 14.3 Å². The second-order valence-electron chi connectivity index (χ2n) is 6.11. The number of alkyl carbamates (subject to hydrolysis) is 1. The fourth-order valence-corrected chi connectivity index (χ4v) is 2.04. The fraction of sp³-hybridized carbons (Fsp3) is 0.400. The lowest BCUT2D eigenvalue weighted by molar-refractivity contribution is 0.0523. The van der Waals surface area contributed by atoms with E-state index in [1.165, 1.54) is 0 Å². The number of amides is 1. The van der Waals surface area contributed by atoms with Crippen LogP contribution in [0.15, 0.2) is 42.6 Å². The number of nitrogens with zero attached hydrogens (tertiary/aromatic N) is 1. The van der Waals surface area contributed by atoms with E-state index >= 15 is 0 Å². The molecule has 2 aromatic rings. The van der Waals surface area contributed by atoms with Crippen LogP contribution in [-0.2, 0) is 11.3 Å². The van der Waals surface area contributed by atoms with E-state index in [4.69, 9.17) is 9.47 Å². The second kappa shape index (κ2) is 9.67. The third kappa shape index (κ3) is 6.83. The fourth-order valence-electron chi connectivity index (χ4n) is 2.04. The lowest BCUT2D eigenvalue weighted by Gasteiger charge is -2.19. The van der Waals surface area contributed by atoms with Crippen LogP contribution in [0.25, 0.3) is 11.3 Å². The maximum atomic E-state index is 11.6. The third-order valence-electron chi connectivity index (χ3n) is 3.05. The van der Waals surface area contributed by atoms with Crippen LogP contribution >= 0.6 is 0 Å². The molecule has 0 fully saturated rings. The van der Waals surface area contributed by atoms with E-state index in [-0.39, 0.29) is 0 Å². The van der Waals surface area contributed by atoms with Gasteiger partial charge in [-0.3, -0.25) is 4.98 Å². The molecule has 25 heavy (non-hydrogen) atoms. The summed E-state index contributed by atoms with van der Waals surface area (Å²) >= 11 is 0. The molecule has 0 radical (unpaired) electrons. The minimum Gasteiger partial charge on any atom is -0.494 e. The second-order valence-corrected chi connectivity index (χ2v) is 6.11. The summed E-state index contributed by atoms with van der Waals surface area (Å²) in [5.41, 5.74) is 2.24. The van der Waals surface area contributed by atoms with E-state index in [1.54, 1.807) is 13.3 Å². The van der Waals surface area contributed by atoms with Gasteiger partial charge in [0.25, 0.3) is 0 Å². The molecule has 0 atom stereocenters. The van der Waals surface area contributed by atoms with E-state index in [0.29, 0.717) is 6.54 Å². The Morgan fingerprint density at radius 1 is 1.12 bits per heavy atom. The van der Waals surface area contributed by atoms with Crippen LogP contribution in [-0.4, -0.2) is 23.8 Å². The molecule has 0 aliphatic carbocycles. The van der Waals surface area contributed by atoms with Gasteiger partial charge in [0.05, 0.1) is 7.11 Å². The Hall–Kier alpha value is -2.56. The minimum absolute atomic E-state index is 0.411. The highest BCUT2D eigenvalue weighted by atomic mass is 16.6. The Morgan fingerprint density at radius 3 is 2.32 bits per heavy atom. The Balaban J connectivity index is 0.00000151. The average molecular weight is 344 g/mol. The Kier molecular flexibility index (Phi) is 7.92. The molecule has 136 valence electrons. The van der Waals surface area contributed by atoms with Gasteiger partial charge in [-0.2, -0.15) is 0 Å². The smallest absolute Gasteiger partial charge is 0.407 e. The first-order valence-corrected chi connectivity index (χ1v) is 8.44. The van der Waals surface area contributed by atoms with E-state index < -0.39 is 11.7 Å². The number of ether oxygens (including phenoxy) is 2. The predicted octanol–water partition coefficient (Wildman–Crippen LogP) is 4.81. The summed E-state index contributed by atoms with van der Waals surface area (Å²) in [6.45, 7) is 9.92. The molecular weight excluding hydrogens is 316 g/mol. The zero-order valence-corrected chi connectivity index (χ0v) is 15.9. The number of methoxy groups -OCH3 is 1. The number of hydrogen-bond donors (Lipinski definition) is 1. The van der Waals surface area contributed by atoms with Crippen LogP contribution in [0.4, 0.5) is 4.79 Å². The van der Waals surface area contributed by atoms with Gasteiger partial charge < -0.3 is 14.8 Å². The summed E-state index contributed by atoms with van der Waals surface area (Å²) in [5, 5.41) is 2.74. The van der Waals surface area contributed by atoms with Crippen molar-refractivity contribution in [1.29, 1.82) is 0 Å². The van der Waals surface area contributed by atoms with Crippen LogP contribution in [0.1, 0.15) is 40.2 Å². The highest BCUT2D eigenvalue weighted by Crippen LogP contribution is 2.27. The number of rotatable bonds is 4. The first kappa shape index (κ1) is 20.5. The van der Waals surface area contributed by atoms with Crippen molar-refractivity contribution in [2.45, 2.75) is 46.8 Å². The van der Waals surface area contributed by atoms with Crippen LogP contribution in [0.2, 0.25) is 0 Å². The monoisotopic (exact) mass is 344 g/mol. The highest BCUT2D eigenvalue weighted by molar-refractivity contribution is 5.68. The van der Waals surface area contributed by atoms with Crippen LogP contribution < -0.4 is 10.1 Å². The van der Waals surface area contributed by atoms with Gasteiger partial charge in [-0.25, -0.2) is 4.79 Å². The standard InChI is InChI=1S/C18H22N2O3.C2H6/c1-18(2,3)23-17(21)20-12-13-7-9-14(10-8-13)16-15(22-4)6-5-11-19-16;1-2/h5-11H,12H2,1-4H3,(H,20,21);1-2H3. The lowest BCUT2D eigenvalue weighted by atomic mass is 10.1. The molecule has 5 heteroatoms. The molecule has 0 aliphatic rings. The SMILES string of the molecule is CC.COc1cccnc1-c1ccc(CNC(=O)OC(C)(C)C)cc1. The molecule has 0 aliphatic heterocycles. The normalized spacial score (nSPS) is 10.3. The first-order valence-electron chi connectivity index (χ1n) is 8.44. The maximum absolute atomic E-state index is 11.6. The van der Waals surface area contributed by atoms with E-state index in [0.717, 1.165) is 22.6 Å². The molecule has 1 heterocycles. The van der Waals surface area contributed by atoms with Gasteiger partial charge in [0.1, 0.15) is 17.0 Å². The number of carbonyl (C=O) groups is 1. The number of aromatic nitrogens is 1. The third-order valence-corrected chi connectivity index (χ3v) is 3.05. The predicted molar refractivity (Wildman–Crippen MR) is 101 cm³/mol. The van der Waals surface area contributed by atoms with Gasteiger partial charge in [-0.15, -0.1) is 0 Å². The number of carbonyl (C=O) groups excluding carboxylic acids is 1. The maximum Gasteiger partial charge on any atom is 0.407 e. The Bertz CT molecular complexity index is 661. The zero-order valence-electron chi connectivity index (χ0n) is 15.9. The molecule has 0 unspecified atom stereocenters. The average Bonchev–Trinajstić information content (AvgIpc) is 2.61. The molecule has 0 saturated carbocycles. The quantitative estimate of drug-likeness (QED) is 0.865. The number of nitrogens with one attached hydrogen (secondary N) is 1. The molecule has 2 rings (SSSR count). The molecule has 1 aromatic heterocycles. The molecular formula is C20H28N2O3. The first-order chi connectivity index (χ1) is 11.9. The zero-order chi connectivity index (χ0) is 18.9. The summed E-state index contributed by atoms with van der Waals surface area (Å²) in [5.74, 6) is 0.729. The number of benzene rings is 1. The number of pyridine rings is 1. The van der Waals surface area contributed by atoms with Crippen molar-refractivity contribution in [3.63, 3.8) is 0 Å². The molecule has 1 aromatic carbocycles. The highest BCUT2D eigenvalue weighted by Gasteiger charge is 2.15. The van der Waals surface area contributed by atoms with Gasteiger partial charge >= 0.3 is 6.09 Å².